The fourth-order valence-corrected chi connectivity index (χ4v) is 4.42. The SMILES string of the molecule is Cc1cc2c(c(-c3ccc4nc(C)ccc4c3)c1)O[C@H](CNC(=O)[C@@H]1CCOC1)C2. The summed E-state index contributed by atoms with van der Waals surface area (Å²) in [7, 11) is 0. The number of ether oxygens (including phenoxy) is 2. The third-order valence-electron chi connectivity index (χ3n) is 5.99. The number of nitrogens with one attached hydrogen (secondary N) is 1. The third-order valence-corrected chi connectivity index (χ3v) is 5.99. The highest BCUT2D eigenvalue weighted by atomic mass is 16.5. The van der Waals surface area contributed by atoms with E-state index in [-0.39, 0.29) is 17.9 Å². The van der Waals surface area contributed by atoms with Crippen molar-refractivity contribution in [2.75, 3.05) is 19.8 Å². The Morgan fingerprint density at radius 1 is 1.17 bits per heavy atom. The van der Waals surface area contributed by atoms with Crippen LogP contribution in [0.15, 0.2) is 42.5 Å². The van der Waals surface area contributed by atoms with Crippen LogP contribution in [0.3, 0.4) is 0 Å². The van der Waals surface area contributed by atoms with E-state index in [1.165, 1.54) is 11.1 Å². The molecule has 0 aliphatic carbocycles. The molecular weight excluding hydrogens is 376 g/mol. The Hall–Kier alpha value is -2.92. The first-order chi connectivity index (χ1) is 14.6. The lowest BCUT2D eigenvalue weighted by Gasteiger charge is -2.15. The van der Waals surface area contributed by atoms with E-state index in [2.05, 4.69) is 53.6 Å². The first kappa shape index (κ1) is 19.1. The maximum Gasteiger partial charge on any atom is 0.225 e. The average Bonchev–Trinajstić information content (AvgIpc) is 3.41. The van der Waals surface area contributed by atoms with Gasteiger partial charge in [-0.25, -0.2) is 0 Å². The molecule has 1 fully saturated rings. The van der Waals surface area contributed by atoms with E-state index in [0.717, 1.165) is 46.3 Å². The second-order valence-corrected chi connectivity index (χ2v) is 8.41. The highest BCUT2D eigenvalue weighted by Gasteiger charge is 2.29. The predicted octanol–water partition coefficient (Wildman–Crippen LogP) is 3.97. The largest absolute Gasteiger partial charge is 0.487 e. The number of hydrogen-bond acceptors (Lipinski definition) is 4. The van der Waals surface area contributed by atoms with Crippen LogP contribution in [0.1, 0.15) is 23.2 Å². The highest BCUT2D eigenvalue weighted by Crippen LogP contribution is 2.40. The number of amides is 1. The van der Waals surface area contributed by atoms with Crippen molar-refractivity contribution >= 4 is 16.8 Å². The van der Waals surface area contributed by atoms with E-state index in [0.29, 0.717) is 19.8 Å². The van der Waals surface area contributed by atoms with Crippen molar-refractivity contribution in [3.63, 3.8) is 0 Å². The van der Waals surface area contributed by atoms with Crippen LogP contribution in [0, 0.1) is 19.8 Å². The molecule has 0 radical (unpaired) electrons. The Morgan fingerprint density at radius 3 is 2.90 bits per heavy atom. The number of nitrogens with zero attached hydrogens (tertiary/aromatic N) is 1. The number of pyridine rings is 1. The molecule has 3 heterocycles. The Balaban J connectivity index is 1.38. The van der Waals surface area contributed by atoms with Gasteiger partial charge in [-0.2, -0.15) is 0 Å². The monoisotopic (exact) mass is 402 g/mol. The summed E-state index contributed by atoms with van der Waals surface area (Å²) in [6.45, 7) is 5.84. The third kappa shape index (κ3) is 3.65. The number of carbonyl (C=O) groups excluding carboxylic acids is 1. The Kier molecular flexibility index (Phi) is 4.91. The first-order valence-corrected chi connectivity index (χ1v) is 10.6. The van der Waals surface area contributed by atoms with Gasteiger partial charge in [0, 0.05) is 29.7 Å². The van der Waals surface area contributed by atoms with Crippen molar-refractivity contribution in [2.24, 2.45) is 5.92 Å². The van der Waals surface area contributed by atoms with Crippen LogP contribution in [-0.4, -0.2) is 36.8 Å². The van der Waals surface area contributed by atoms with Crippen LogP contribution >= 0.6 is 0 Å². The molecule has 3 aromatic rings. The molecule has 1 amide bonds. The molecule has 1 N–H and O–H groups in total. The summed E-state index contributed by atoms with van der Waals surface area (Å²) in [5.74, 6) is 0.977. The normalized spacial score (nSPS) is 20.2. The summed E-state index contributed by atoms with van der Waals surface area (Å²) >= 11 is 0. The van der Waals surface area contributed by atoms with Crippen LogP contribution in [0.25, 0.3) is 22.0 Å². The zero-order chi connectivity index (χ0) is 20.7. The molecule has 2 atom stereocenters. The minimum atomic E-state index is -0.0448. The molecular formula is C25H26N2O3. The molecule has 2 aliphatic heterocycles. The van der Waals surface area contributed by atoms with Gasteiger partial charge in [0.25, 0.3) is 0 Å². The quantitative estimate of drug-likeness (QED) is 0.717. The van der Waals surface area contributed by atoms with Crippen LogP contribution in [0.4, 0.5) is 0 Å². The summed E-state index contributed by atoms with van der Waals surface area (Å²) in [6.07, 6.45) is 1.56. The molecule has 2 aromatic carbocycles. The van der Waals surface area contributed by atoms with Crippen LogP contribution < -0.4 is 10.1 Å². The predicted molar refractivity (Wildman–Crippen MR) is 117 cm³/mol. The van der Waals surface area contributed by atoms with Gasteiger partial charge >= 0.3 is 0 Å². The second-order valence-electron chi connectivity index (χ2n) is 8.41. The number of carbonyl (C=O) groups is 1. The molecule has 5 heteroatoms. The summed E-state index contributed by atoms with van der Waals surface area (Å²) < 4.78 is 11.6. The van der Waals surface area contributed by atoms with Crippen LogP contribution in [-0.2, 0) is 16.0 Å². The number of benzene rings is 2. The number of hydrogen-bond donors (Lipinski definition) is 1. The minimum Gasteiger partial charge on any atom is -0.487 e. The van der Waals surface area contributed by atoms with Gasteiger partial charge in [0.2, 0.25) is 5.91 Å². The molecule has 30 heavy (non-hydrogen) atoms. The minimum absolute atomic E-state index is 0.0265. The van der Waals surface area contributed by atoms with E-state index in [4.69, 9.17) is 9.47 Å². The van der Waals surface area contributed by atoms with Crippen LogP contribution in [0.2, 0.25) is 0 Å². The fraction of sp³-hybridized carbons (Fsp3) is 0.360. The number of aromatic nitrogens is 1. The molecule has 1 saturated heterocycles. The number of aryl methyl sites for hydroxylation is 2. The van der Waals surface area contributed by atoms with E-state index in [9.17, 15) is 4.79 Å². The van der Waals surface area contributed by atoms with Crippen molar-refractivity contribution in [1.82, 2.24) is 10.3 Å². The Labute approximate surface area is 176 Å². The Bertz CT molecular complexity index is 1120. The van der Waals surface area contributed by atoms with Crippen LogP contribution in [0.5, 0.6) is 5.75 Å². The first-order valence-electron chi connectivity index (χ1n) is 10.6. The molecule has 0 saturated carbocycles. The van der Waals surface area contributed by atoms with Crippen molar-refractivity contribution in [1.29, 1.82) is 0 Å². The fourth-order valence-electron chi connectivity index (χ4n) is 4.42. The smallest absolute Gasteiger partial charge is 0.225 e. The van der Waals surface area contributed by atoms with E-state index in [1.54, 1.807) is 0 Å². The molecule has 5 rings (SSSR count). The lowest BCUT2D eigenvalue weighted by atomic mass is 9.96. The van der Waals surface area contributed by atoms with E-state index < -0.39 is 0 Å². The van der Waals surface area contributed by atoms with Gasteiger partial charge in [-0.1, -0.05) is 18.2 Å². The summed E-state index contributed by atoms with van der Waals surface area (Å²) in [4.78, 5) is 16.9. The molecule has 154 valence electrons. The average molecular weight is 402 g/mol. The molecule has 0 bridgehead atoms. The topological polar surface area (TPSA) is 60.5 Å². The molecule has 2 aliphatic rings. The summed E-state index contributed by atoms with van der Waals surface area (Å²) in [6, 6.07) is 14.9. The van der Waals surface area contributed by atoms with E-state index in [1.807, 2.05) is 13.0 Å². The Morgan fingerprint density at radius 2 is 2.07 bits per heavy atom. The summed E-state index contributed by atoms with van der Waals surface area (Å²) in [5.41, 5.74) is 6.66. The molecule has 1 aromatic heterocycles. The number of fused-ring (bicyclic) bond motifs is 2. The van der Waals surface area contributed by atoms with Crippen molar-refractivity contribution in [3.8, 4) is 16.9 Å². The van der Waals surface area contributed by atoms with E-state index >= 15 is 0 Å². The lowest BCUT2D eigenvalue weighted by Crippen LogP contribution is -2.38. The van der Waals surface area contributed by atoms with Gasteiger partial charge < -0.3 is 14.8 Å². The zero-order valence-corrected chi connectivity index (χ0v) is 17.4. The van der Waals surface area contributed by atoms with Crippen molar-refractivity contribution in [2.45, 2.75) is 32.8 Å². The number of rotatable bonds is 4. The van der Waals surface area contributed by atoms with Gasteiger partial charge in [-0.3, -0.25) is 9.78 Å². The van der Waals surface area contributed by atoms with Crippen molar-refractivity contribution < 1.29 is 14.3 Å². The lowest BCUT2D eigenvalue weighted by molar-refractivity contribution is -0.125. The maximum atomic E-state index is 12.3. The standard InChI is InChI=1S/C25H26N2O3/c1-15-9-20-12-21(13-26-25(28)19-7-8-29-14-19)30-24(20)22(10-15)17-5-6-23-18(11-17)4-3-16(2)27-23/h3-6,9-11,19,21H,7-8,12-14H2,1-2H3,(H,26,28)/t19-,21+/m1/s1. The zero-order valence-electron chi connectivity index (χ0n) is 17.4. The second kappa shape index (κ2) is 7.73. The summed E-state index contributed by atoms with van der Waals surface area (Å²) in [5, 5.41) is 4.17. The maximum absolute atomic E-state index is 12.3. The van der Waals surface area contributed by atoms with Gasteiger partial charge in [0.15, 0.2) is 0 Å². The van der Waals surface area contributed by atoms with Gasteiger partial charge in [0.05, 0.1) is 24.6 Å². The van der Waals surface area contributed by atoms with Crippen molar-refractivity contribution in [3.05, 3.63) is 59.3 Å². The van der Waals surface area contributed by atoms with Gasteiger partial charge in [0.1, 0.15) is 11.9 Å². The molecule has 5 nitrogen and oxygen atoms in total. The highest BCUT2D eigenvalue weighted by molar-refractivity contribution is 5.86. The van der Waals surface area contributed by atoms with Gasteiger partial charge in [-0.05, 0) is 61.2 Å². The molecule has 0 unspecified atom stereocenters. The van der Waals surface area contributed by atoms with Gasteiger partial charge in [-0.15, -0.1) is 0 Å². The molecule has 0 spiro atoms.